The summed E-state index contributed by atoms with van der Waals surface area (Å²) in [5.41, 5.74) is 7.43. The van der Waals surface area contributed by atoms with E-state index in [-0.39, 0.29) is 16.9 Å². The highest BCUT2D eigenvalue weighted by Crippen LogP contribution is 2.38. The molecule has 3 N–H and O–H groups in total. The molecule has 2 heterocycles. The number of amides is 2. The van der Waals surface area contributed by atoms with Crippen LogP contribution in [0, 0.1) is 0 Å². The number of nitrogens with two attached hydrogens (primary N) is 1. The van der Waals surface area contributed by atoms with E-state index in [1.165, 1.54) is 17.4 Å². The largest absolute Gasteiger partial charge is 0.476 e. The van der Waals surface area contributed by atoms with E-state index in [0.29, 0.717) is 26.7 Å². The van der Waals surface area contributed by atoms with E-state index in [2.05, 4.69) is 5.32 Å². The molecule has 0 aliphatic heterocycles. The normalized spacial score (nSPS) is 12.8. The van der Waals surface area contributed by atoms with Crippen LogP contribution < -0.4 is 21.2 Å². The number of thiophene rings is 1. The second-order valence-corrected chi connectivity index (χ2v) is 9.75. The van der Waals surface area contributed by atoms with Crippen molar-refractivity contribution in [3.8, 4) is 17.1 Å². The molecular formula is C26H21ClN2O5S. The van der Waals surface area contributed by atoms with Crippen LogP contribution in [0.15, 0.2) is 57.7 Å². The van der Waals surface area contributed by atoms with Crippen molar-refractivity contribution >= 4 is 50.7 Å². The lowest BCUT2D eigenvalue weighted by Crippen LogP contribution is -2.24. The molecule has 0 saturated heterocycles. The van der Waals surface area contributed by atoms with Crippen LogP contribution in [0.1, 0.15) is 33.6 Å². The molecule has 0 bridgehead atoms. The Balaban J connectivity index is 1.46. The number of nitrogens with one attached hydrogen (secondary N) is 1. The fraction of sp³-hybridized carbons (Fsp3) is 0.192. The number of ether oxygens (including phenoxy) is 1. The topological polar surface area (TPSA) is 112 Å². The summed E-state index contributed by atoms with van der Waals surface area (Å²) in [6.07, 6.45) is 3.63. The lowest BCUT2D eigenvalue weighted by molar-refractivity contribution is -0.118. The number of anilines is 1. The Morgan fingerprint density at radius 2 is 1.89 bits per heavy atom. The van der Waals surface area contributed by atoms with Crippen molar-refractivity contribution in [3.63, 3.8) is 0 Å². The van der Waals surface area contributed by atoms with E-state index >= 15 is 0 Å². The monoisotopic (exact) mass is 508 g/mol. The molecule has 4 aromatic rings. The van der Waals surface area contributed by atoms with Gasteiger partial charge in [-0.2, -0.15) is 0 Å². The van der Waals surface area contributed by atoms with Crippen molar-refractivity contribution < 1.29 is 18.7 Å². The molecule has 0 spiro atoms. The first-order valence-corrected chi connectivity index (χ1v) is 12.3. The van der Waals surface area contributed by atoms with Gasteiger partial charge in [-0.05, 0) is 49.4 Å². The lowest BCUT2D eigenvalue weighted by Gasteiger charge is -2.12. The van der Waals surface area contributed by atoms with Crippen LogP contribution in [0.25, 0.3) is 22.3 Å². The number of carbonyl (C=O) groups excluding carboxylic acids is 2. The highest BCUT2D eigenvalue weighted by atomic mass is 35.5. The van der Waals surface area contributed by atoms with Gasteiger partial charge < -0.3 is 20.2 Å². The van der Waals surface area contributed by atoms with Gasteiger partial charge in [0.15, 0.2) is 12.4 Å². The summed E-state index contributed by atoms with van der Waals surface area (Å²) < 4.78 is 11.7. The molecule has 2 amide bonds. The number of primary amides is 1. The Morgan fingerprint density at radius 1 is 1.11 bits per heavy atom. The van der Waals surface area contributed by atoms with Crippen LogP contribution in [-0.2, 0) is 17.6 Å². The maximum Gasteiger partial charge on any atom is 0.262 e. The van der Waals surface area contributed by atoms with Crippen molar-refractivity contribution in [2.45, 2.75) is 25.7 Å². The fourth-order valence-corrected chi connectivity index (χ4v) is 5.76. The molecule has 0 saturated carbocycles. The van der Waals surface area contributed by atoms with Gasteiger partial charge in [-0.15, -0.1) is 11.3 Å². The van der Waals surface area contributed by atoms with E-state index in [4.69, 9.17) is 26.5 Å². The van der Waals surface area contributed by atoms with Crippen LogP contribution in [-0.4, -0.2) is 18.4 Å². The summed E-state index contributed by atoms with van der Waals surface area (Å²) in [5, 5.41) is 3.78. The summed E-state index contributed by atoms with van der Waals surface area (Å²) >= 11 is 7.44. The minimum absolute atomic E-state index is 0.0956. The third kappa shape index (κ3) is 4.54. The van der Waals surface area contributed by atoms with Crippen LogP contribution in [0.5, 0.6) is 5.75 Å². The Kier molecular flexibility index (Phi) is 6.32. The first kappa shape index (κ1) is 23.1. The van der Waals surface area contributed by atoms with Crippen molar-refractivity contribution in [3.05, 3.63) is 79.8 Å². The minimum atomic E-state index is -0.570. The molecular weight excluding hydrogens is 488 g/mol. The van der Waals surface area contributed by atoms with Gasteiger partial charge >= 0.3 is 0 Å². The van der Waals surface area contributed by atoms with Crippen molar-refractivity contribution in [2.75, 3.05) is 11.9 Å². The number of halogens is 1. The average molecular weight is 509 g/mol. The highest BCUT2D eigenvalue weighted by molar-refractivity contribution is 7.17. The van der Waals surface area contributed by atoms with Crippen molar-refractivity contribution in [1.82, 2.24) is 0 Å². The summed E-state index contributed by atoms with van der Waals surface area (Å²) in [7, 11) is 0. The molecule has 7 nitrogen and oxygen atoms in total. The van der Waals surface area contributed by atoms with Gasteiger partial charge in [0.05, 0.1) is 10.9 Å². The number of rotatable bonds is 6. The summed E-state index contributed by atoms with van der Waals surface area (Å²) in [6.45, 7) is -0.461. The van der Waals surface area contributed by atoms with E-state index in [1.54, 1.807) is 24.3 Å². The lowest BCUT2D eigenvalue weighted by atomic mass is 9.95. The predicted octanol–water partition coefficient (Wildman–Crippen LogP) is 5.17. The molecule has 5 rings (SSSR count). The van der Waals surface area contributed by atoms with Gasteiger partial charge in [-0.1, -0.05) is 41.9 Å². The molecule has 0 atom stereocenters. The Hall–Kier alpha value is -3.62. The Bertz CT molecular complexity index is 1510. The predicted molar refractivity (Wildman–Crippen MR) is 137 cm³/mol. The third-order valence-corrected chi connectivity index (χ3v) is 7.31. The number of aryl methyl sites for hydroxylation is 1. The number of hydrogen-bond donors (Lipinski definition) is 2. The standard InChI is InChI=1S/C26H21ClN2O5S/c27-15-10-11-18-17(12-15)22(31)24(23(34-18)14-6-2-1-3-7-14)33-13-20(30)29-26-21(25(28)32)16-8-4-5-9-19(16)35-26/h1-3,6-7,10-12H,4-5,8-9,13H2,(H2,28,32)(H,29,30). The van der Waals surface area contributed by atoms with Gasteiger partial charge in [0, 0.05) is 15.5 Å². The molecule has 0 unspecified atom stereocenters. The van der Waals surface area contributed by atoms with E-state index in [0.717, 1.165) is 36.1 Å². The zero-order valence-electron chi connectivity index (χ0n) is 18.6. The molecule has 178 valence electrons. The smallest absolute Gasteiger partial charge is 0.262 e. The van der Waals surface area contributed by atoms with Gasteiger partial charge in [0.25, 0.3) is 11.8 Å². The summed E-state index contributed by atoms with van der Waals surface area (Å²) in [5.74, 6) is -0.973. The molecule has 9 heteroatoms. The van der Waals surface area contributed by atoms with Crippen molar-refractivity contribution in [1.29, 1.82) is 0 Å². The maximum atomic E-state index is 13.3. The number of carbonyl (C=O) groups is 2. The Labute approximate surface area is 209 Å². The average Bonchev–Trinajstić information content (AvgIpc) is 3.22. The van der Waals surface area contributed by atoms with E-state index in [9.17, 15) is 14.4 Å². The van der Waals surface area contributed by atoms with Crippen LogP contribution in [0.2, 0.25) is 5.02 Å². The highest BCUT2D eigenvalue weighted by Gasteiger charge is 2.25. The zero-order valence-corrected chi connectivity index (χ0v) is 20.1. The number of hydrogen-bond acceptors (Lipinski definition) is 6. The van der Waals surface area contributed by atoms with Crippen LogP contribution in [0.3, 0.4) is 0 Å². The van der Waals surface area contributed by atoms with Crippen LogP contribution >= 0.6 is 22.9 Å². The minimum Gasteiger partial charge on any atom is -0.476 e. The summed E-state index contributed by atoms with van der Waals surface area (Å²) in [6, 6.07) is 13.8. The molecule has 35 heavy (non-hydrogen) atoms. The molecule has 1 aliphatic rings. The SMILES string of the molecule is NC(=O)c1c(NC(=O)COc2c(-c3ccccc3)oc3ccc(Cl)cc3c2=O)sc2c1CCCC2. The first-order valence-electron chi connectivity index (χ1n) is 11.1. The molecule has 0 radical (unpaired) electrons. The maximum absolute atomic E-state index is 13.3. The van der Waals surface area contributed by atoms with Gasteiger partial charge in [0.1, 0.15) is 10.6 Å². The van der Waals surface area contributed by atoms with Gasteiger partial charge in [0.2, 0.25) is 11.2 Å². The van der Waals surface area contributed by atoms with Crippen LogP contribution in [0.4, 0.5) is 5.00 Å². The Morgan fingerprint density at radius 3 is 2.66 bits per heavy atom. The zero-order chi connectivity index (χ0) is 24.5. The first-order chi connectivity index (χ1) is 16.9. The molecule has 2 aromatic heterocycles. The fourth-order valence-electron chi connectivity index (χ4n) is 4.28. The third-order valence-electron chi connectivity index (χ3n) is 5.86. The molecule has 2 aromatic carbocycles. The molecule has 0 fully saturated rings. The second-order valence-electron chi connectivity index (χ2n) is 8.21. The quantitative estimate of drug-likeness (QED) is 0.373. The van der Waals surface area contributed by atoms with Gasteiger partial charge in [-0.3, -0.25) is 14.4 Å². The van der Waals surface area contributed by atoms with Crippen molar-refractivity contribution in [2.24, 2.45) is 5.73 Å². The van der Waals surface area contributed by atoms with E-state index < -0.39 is 23.9 Å². The molecule has 1 aliphatic carbocycles. The summed E-state index contributed by atoms with van der Waals surface area (Å²) in [4.78, 5) is 39.3. The van der Waals surface area contributed by atoms with E-state index in [1.807, 2.05) is 18.2 Å². The number of benzene rings is 2. The number of fused-ring (bicyclic) bond motifs is 2. The van der Waals surface area contributed by atoms with Gasteiger partial charge in [-0.25, -0.2) is 0 Å². The second kappa shape index (κ2) is 9.56.